The highest BCUT2D eigenvalue weighted by Crippen LogP contribution is 2.21. The molecule has 1 atom stereocenters. The molecule has 2 nitrogen and oxygen atoms in total. The lowest BCUT2D eigenvalue weighted by Gasteiger charge is -2.15. The third kappa shape index (κ3) is 4.42. The summed E-state index contributed by atoms with van der Waals surface area (Å²) in [7, 11) is 0. The topological polar surface area (TPSA) is 32.3 Å². The van der Waals surface area contributed by atoms with Gasteiger partial charge in [-0.05, 0) is 23.6 Å². The van der Waals surface area contributed by atoms with E-state index in [-0.39, 0.29) is 12.0 Å². The minimum absolute atomic E-state index is 0.279. The van der Waals surface area contributed by atoms with Crippen molar-refractivity contribution in [3.63, 3.8) is 0 Å². The van der Waals surface area contributed by atoms with E-state index in [1.54, 1.807) is 0 Å². The van der Waals surface area contributed by atoms with E-state index in [9.17, 15) is 5.11 Å². The molecule has 1 aromatic rings. The Balaban J connectivity index is 2.43. The molecule has 0 saturated carbocycles. The van der Waals surface area contributed by atoms with Gasteiger partial charge >= 0.3 is 0 Å². The summed E-state index contributed by atoms with van der Waals surface area (Å²) >= 11 is 9.31. The molecule has 16 heavy (non-hydrogen) atoms. The van der Waals surface area contributed by atoms with Crippen LogP contribution in [0.1, 0.15) is 19.4 Å². The fraction of sp³-hybridized carbons (Fsp3) is 0.500. The number of aliphatic hydroxyl groups excluding tert-OH is 1. The number of benzene rings is 1. The lowest BCUT2D eigenvalue weighted by Crippen LogP contribution is -2.30. The maximum Gasteiger partial charge on any atom is 0.0687 e. The Hall–Kier alpha value is -0.0900. The van der Waals surface area contributed by atoms with Crippen LogP contribution in [0.5, 0.6) is 0 Å². The second-order valence-corrected chi connectivity index (χ2v) is 5.47. The number of aliphatic hydroxyl groups is 1. The second kappa shape index (κ2) is 6.60. The fourth-order valence-electron chi connectivity index (χ4n) is 1.26. The molecule has 0 aromatic heterocycles. The van der Waals surface area contributed by atoms with E-state index in [2.05, 4.69) is 21.2 Å². The van der Waals surface area contributed by atoms with Crippen molar-refractivity contribution in [3.8, 4) is 0 Å². The molecular weight excluding hydrogens is 289 g/mol. The van der Waals surface area contributed by atoms with Crippen LogP contribution in [0, 0.1) is 5.92 Å². The Bertz CT molecular complexity index is 344. The summed E-state index contributed by atoms with van der Waals surface area (Å²) in [6.07, 6.45) is -0.300. The van der Waals surface area contributed by atoms with Gasteiger partial charge in [0.05, 0.1) is 6.10 Å². The normalized spacial score (nSPS) is 13.1. The molecule has 1 rings (SSSR count). The van der Waals surface area contributed by atoms with E-state index in [1.807, 2.05) is 32.0 Å². The first-order chi connectivity index (χ1) is 7.50. The Morgan fingerprint density at radius 2 is 2.12 bits per heavy atom. The molecule has 1 aromatic carbocycles. The molecule has 1 unspecified atom stereocenters. The molecule has 0 radical (unpaired) electrons. The third-order valence-corrected chi connectivity index (χ3v) is 3.43. The van der Waals surface area contributed by atoms with E-state index in [0.717, 1.165) is 21.6 Å². The van der Waals surface area contributed by atoms with Gasteiger partial charge in [0.25, 0.3) is 0 Å². The average molecular weight is 307 g/mol. The van der Waals surface area contributed by atoms with Gasteiger partial charge < -0.3 is 10.4 Å². The Kier molecular flexibility index (Phi) is 5.76. The van der Waals surface area contributed by atoms with Crippen molar-refractivity contribution in [2.24, 2.45) is 5.92 Å². The van der Waals surface area contributed by atoms with Crippen molar-refractivity contribution < 1.29 is 5.11 Å². The quantitative estimate of drug-likeness (QED) is 0.875. The molecule has 0 aliphatic rings. The van der Waals surface area contributed by atoms with Crippen LogP contribution >= 0.6 is 27.5 Å². The van der Waals surface area contributed by atoms with Gasteiger partial charge in [0.1, 0.15) is 0 Å². The van der Waals surface area contributed by atoms with Crippen LogP contribution in [-0.2, 0) is 6.54 Å². The number of hydrogen-bond acceptors (Lipinski definition) is 2. The highest BCUT2D eigenvalue weighted by Gasteiger charge is 2.08. The number of hydrogen-bond donors (Lipinski definition) is 2. The number of nitrogens with one attached hydrogen (secondary N) is 1. The van der Waals surface area contributed by atoms with E-state index in [1.165, 1.54) is 0 Å². The molecule has 0 heterocycles. The maximum absolute atomic E-state index is 9.62. The predicted molar refractivity (Wildman–Crippen MR) is 71.7 cm³/mol. The monoisotopic (exact) mass is 305 g/mol. The Labute approximate surface area is 110 Å². The highest BCUT2D eigenvalue weighted by atomic mass is 79.9. The lowest BCUT2D eigenvalue weighted by atomic mass is 10.1. The van der Waals surface area contributed by atoms with Crippen LogP contribution in [0.4, 0.5) is 0 Å². The van der Waals surface area contributed by atoms with Gasteiger partial charge in [-0.3, -0.25) is 0 Å². The van der Waals surface area contributed by atoms with E-state index >= 15 is 0 Å². The van der Waals surface area contributed by atoms with Gasteiger partial charge in [0, 0.05) is 22.6 Å². The molecule has 0 aliphatic carbocycles. The maximum atomic E-state index is 9.62. The minimum atomic E-state index is -0.300. The first-order valence-electron chi connectivity index (χ1n) is 5.33. The van der Waals surface area contributed by atoms with Crippen LogP contribution in [-0.4, -0.2) is 17.8 Å². The van der Waals surface area contributed by atoms with Crippen molar-refractivity contribution in [2.45, 2.75) is 26.5 Å². The Morgan fingerprint density at radius 3 is 2.69 bits per heavy atom. The zero-order valence-corrected chi connectivity index (χ0v) is 11.8. The summed E-state index contributed by atoms with van der Waals surface area (Å²) in [6.45, 7) is 5.34. The standard InChI is InChI=1S/C12H17BrClNO/c1-8(2)12(16)7-15-6-9-3-4-10(14)5-11(9)13/h3-5,8,12,15-16H,6-7H2,1-2H3. The van der Waals surface area contributed by atoms with Gasteiger partial charge in [-0.15, -0.1) is 0 Å². The van der Waals surface area contributed by atoms with E-state index in [0.29, 0.717) is 6.54 Å². The highest BCUT2D eigenvalue weighted by molar-refractivity contribution is 9.10. The average Bonchev–Trinajstić information content (AvgIpc) is 2.20. The van der Waals surface area contributed by atoms with Crippen molar-refractivity contribution in [1.82, 2.24) is 5.32 Å². The van der Waals surface area contributed by atoms with Crippen molar-refractivity contribution >= 4 is 27.5 Å². The summed E-state index contributed by atoms with van der Waals surface area (Å²) in [5, 5.41) is 13.6. The van der Waals surface area contributed by atoms with Crippen molar-refractivity contribution in [2.75, 3.05) is 6.54 Å². The smallest absolute Gasteiger partial charge is 0.0687 e. The van der Waals surface area contributed by atoms with Crippen molar-refractivity contribution in [3.05, 3.63) is 33.3 Å². The summed E-state index contributed by atoms with van der Waals surface area (Å²) < 4.78 is 0.992. The van der Waals surface area contributed by atoms with Gasteiger partial charge in [-0.1, -0.05) is 47.4 Å². The third-order valence-electron chi connectivity index (χ3n) is 2.45. The fourth-order valence-corrected chi connectivity index (χ4v) is 2.08. The van der Waals surface area contributed by atoms with Crippen LogP contribution in [0.2, 0.25) is 5.02 Å². The van der Waals surface area contributed by atoms with Gasteiger partial charge in [-0.25, -0.2) is 0 Å². The summed E-state index contributed by atoms with van der Waals surface area (Å²) in [6, 6.07) is 5.71. The molecular formula is C12H17BrClNO. The van der Waals surface area contributed by atoms with Crippen molar-refractivity contribution in [1.29, 1.82) is 0 Å². The van der Waals surface area contributed by atoms with E-state index in [4.69, 9.17) is 11.6 Å². The first-order valence-corrected chi connectivity index (χ1v) is 6.50. The predicted octanol–water partition coefficient (Wildman–Crippen LogP) is 3.21. The first kappa shape index (κ1) is 14.0. The largest absolute Gasteiger partial charge is 0.392 e. The zero-order valence-electron chi connectivity index (χ0n) is 9.50. The second-order valence-electron chi connectivity index (χ2n) is 4.18. The molecule has 0 aliphatic heterocycles. The molecule has 90 valence electrons. The lowest BCUT2D eigenvalue weighted by molar-refractivity contribution is 0.123. The minimum Gasteiger partial charge on any atom is -0.392 e. The Morgan fingerprint density at radius 1 is 1.44 bits per heavy atom. The van der Waals surface area contributed by atoms with Gasteiger partial charge in [-0.2, -0.15) is 0 Å². The molecule has 0 saturated heterocycles. The van der Waals surface area contributed by atoms with Gasteiger partial charge in [0.15, 0.2) is 0 Å². The molecule has 0 bridgehead atoms. The number of halogens is 2. The summed E-state index contributed by atoms with van der Waals surface area (Å²) in [4.78, 5) is 0. The molecule has 2 N–H and O–H groups in total. The van der Waals surface area contributed by atoms with Crippen LogP contribution in [0.3, 0.4) is 0 Å². The molecule has 0 amide bonds. The number of rotatable bonds is 5. The van der Waals surface area contributed by atoms with Crippen LogP contribution < -0.4 is 5.32 Å². The SMILES string of the molecule is CC(C)C(O)CNCc1ccc(Cl)cc1Br. The van der Waals surface area contributed by atoms with Crippen LogP contribution in [0.25, 0.3) is 0 Å². The summed E-state index contributed by atoms with van der Waals surface area (Å²) in [5.74, 6) is 0.279. The molecule has 0 fully saturated rings. The zero-order chi connectivity index (χ0) is 12.1. The van der Waals surface area contributed by atoms with Crippen LogP contribution in [0.15, 0.2) is 22.7 Å². The van der Waals surface area contributed by atoms with E-state index < -0.39 is 0 Å². The molecule has 0 spiro atoms. The summed E-state index contributed by atoms with van der Waals surface area (Å²) in [5.41, 5.74) is 1.14. The van der Waals surface area contributed by atoms with Gasteiger partial charge in [0.2, 0.25) is 0 Å². The molecule has 4 heteroatoms.